The topological polar surface area (TPSA) is 32.7 Å². The lowest BCUT2D eigenvalue weighted by atomic mass is 10.1. The van der Waals surface area contributed by atoms with Crippen LogP contribution in [0.4, 0.5) is 0 Å². The number of hydrogen-bond acceptors (Lipinski definition) is 3. The van der Waals surface area contributed by atoms with Crippen LogP contribution in [0.5, 0.6) is 0 Å². The van der Waals surface area contributed by atoms with Crippen molar-refractivity contribution in [3.63, 3.8) is 0 Å². The molecule has 1 unspecified atom stereocenters. The largest absolute Gasteiger partial charge is 0.378 e. The summed E-state index contributed by atoms with van der Waals surface area (Å²) in [4.78, 5) is 2.38. The molecule has 0 aromatic carbocycles. The van der Waals surface area contributed by atoms with Crippen LogP contribution >= 0.6 is 0 Å². The van der Waals surface area contributed by atoms with Gasteiger partial charge >= 0.3 is 0 Å². The third-order valence-electron chi connectivity index (χ3n) is 3.04. The lowest BCUT2D eigenvalue weighted by Crippen LogP contribution is -2.39. The van der Waals surface area contributed by atoms with Crippen molar-refractivity contribution in [2.45, 2.75) is 65.6 Å². The van der Waals surface area contributed by atoms with E-state index in [0.717, 1.165) is 6.54 Å². The van der Waals surface area contributed by atoms with Gasteiger partial charge in [0, 0.05) is 18.6 Å². The Morgan fingerprint density at radius 2 is 1.78 bits per heavy atom. The van der Waals surface area contributed by atoms with Gasteiger partial charge in [0.25, 0.3) is 0 Å². The van der Waals surface area contributed by atoms with Crippen LogP contribution in [-0.2, 0) is 4.74 Å². The lowest BCUT2D eigenvalue weighted by molar-refractivity contribution is 0.0933. The zero-order valence-electron chi connectivity index (χ0n) is 12.8. The SMILES string of the molecule is CCC(C)(O)C#CCOCCN(C(C)C)C(C)C. The Morgan fingerprint density at radius 3 is 2.22 bits per heavy atom. The highest BCUT2D eigenvalue weighted by atomic mass is 16.5. The highest BCUT2D eigenvalue weighted by Crippen LogP contribution is 2.05. The molecule has 18 heavy (non-hydrogen) atoms. The van der Waals surface area contributed by atoms with E-state index >= 15 is 0 Å². The second-order valence-electron chi connectivity index (χ2n) is 5.41. The molecule has 0 heterocycles. The Morgan fingerprint density at radius 1 is 1.22 bits per heavy atom. The molecule has 0 saturated carbocycles. The van der Waals surface area contributed by atoms with Crippen LogP contribution in [0.25, 0.3) is 0 Å². The number of aliphatic hydroxyl groups is 1. The Bertz CT molecular complexity index is 266. The fourth-order valence-electron chi connectivity index (χ4n) is 1.72. The van der Waals surface area contributed by atoms with Crippen LogP contribution in [-0.4, -0.2) is 47.4 Å². The molecular formula is C15H29NO2. The molecule has 106 valence electrons. The number of hydrogen-bond donors (Lipinski definition) is 1. The van der Waals surface area contributed by atoms with Gasteiger partial charge in [-0.3, -0.25) is 4.90 Å². The van der Waals surface area contributed by atoms with Crippen LogP contribution in [0.15, 0.2) is 0 Å². The van der Waals surface area contributed by atoms with E-state index in [1.54, 1.807) is 6.92 Å². The standard InChI is InChI=1S/C15H29NO2/c1-7-15(6,17)9-8-11-18-12-10-16(13(2)3)14(4)5/h13-14,17H,7,10-12H2,1-6H3. The molecule has 0 aliphatic carbocycles. The van der Waals surface area contributed by atoms with E-state index < -0.39 is 5.60 Å². The second kappa shape index (κ2) is 8.53. The van der Waals surface area contributed by atoms with Gasteiger partial charge in [-0.05, 0) is 41.0 Å². The molecule has 0 rings (SSSR count). The highest BCUT2D eigenvalue weighted by molar-refractivity contribution is 5.11. The molecule has 0 aliphatic heterocycles. The molecule has 0 amide bonds. The van der Waals surface area contributed by atoms with Crippen molar-refractivity contribution >= 4 is 0 Å². The van der Waals surface area contributed by atoms with Gasteiger partial charge in [0.2, 0.25) is 0 Å². The maximum Gasteiger partial charge on any atom is 0.122 e. The van der Waals surface area contributed by atoms with Crippen molar-refractivity contribution in [1.82, 2.24) is 4.90 Å². The van der Waals surface area contributed by atoms with E-state index in [4.69, 9.17) is 4.74 Å². The second-order valence-corrected chi connectivity index (χ2v) is 5.41. The Kier molecular flexibility index (Phi) is 8.26. The van der Waals surface area contributed by atoms with Crippen molar-refractivity contribution in [3.05, 3.63) is 0 Å². The van der Waals surface area contributed by atoms with Crippen molar-refractivity contribution in [2.24, 2.45) is 0 Å². The van der Waals surface area contributed by atoms with E-state index in [2.05, 4.69) is 44.4 Å². The minimum absolute atomic E-state index is 0.389. The summed E-state index contributed by atoms with van der Waals surface area (Å²) in [7, 11) is 0. The first-order chi connectivity index (χ1) is 8.30. The van der Waals surface area contributed by atoms with E-state index in [1.165, 1.54) is 0 Å². The Balaban J connectivity index is 3.86. The van der Waals surface area contributed by atoms with Gasteiger partial charge in [-0.2, -0.15) is 0 Å². The Labute approximate surface area is 113 Å². The number of ether oxygens (including phenoxy) is 1. The third kappa shape index (κ3) is 7.71. The van der Waals surface area contributed by atoms with E-state index in [-0.39, 0.29) is 0 Å². The predicted octanol–water partition coefficient (Wildman–Crippen LogP) is 2.29. The maximum absolute atomic E-state index is 9.68. The predicted molar refractivity (Wildman–Crippen MR) is 76.5 cm³/mol. The Hall–Kier alpha value is -0.560. The zero-order chi connectivity index (χ0) is 14.2. The molecular weight excluding hydrogens is 226 g/mol. The highest BCUT2D eigenvalue weighted by Gasteiger charge is 2.13. The summed E-state index contributed by atoms with van der Waals surface area (Å²) in [6.45, 7) is 14.4. The molecule has 0 saturated heterocycles. The van der Waals surface area contributed by atoms with Crippen molar-refractivity contribution < 1.29 is 9.84 Å². The van der Waals surface area contributed by atoms with Gasteiger partial charge in [-0.1, -0.05) is 18.8 Å². The van der Waals surface area contributed by atoms with Crippen LogP contribution < -0.4 is 0 Å². The van der Waals surface area contributed by atoms with E-state index in [1.807, 2.05) is 6.92 Å². The van der Waals surface area contributed by atoms with Gasteiger partial charge in [-0.25, -0.2) is 0 Å². The van der Waals surface area contributed by atoms with Crippen LogP contribution in [0, 0.1) is 11.8 Å². The molecule has 0 aromatic rings. The van der Waals surface area contributed by atoms with Crippen LogP contribution in [0.1, 0.15) is 48.0 Å². The van der Waals surface area contributed by atoms with E-state index in [9.17, 15) is 5.11 Å². The summed E-state index contributed by atoms with van der Waals surface area (Å²) >= 11 is 0. The van der Waals surface area contributed by atoms with Gasteiger partial charge in [-0.15, -0.1) is 0 Å². The average Bonchev–Trinajstić information content (AvgIpc) is 2.26. The summed E-state index contributed by atoms with van der Waals surface area (Å²) in [6, 6.07) is 1.06. The van der Waals surface area contributed by atoms with Crippen LogP contribution in [0.2, 0.25) is 0 Å². The third-order valence-corrected chi connectivity index (χ3v) is 3.04. The number of rotatable bonds is 7. The monoisotopic (exact) mass is 255 g/mol. The normalized spacial score (nSPS) is 14.8. The minimum Gasteiger partial charge on any atom is -0.378 e. The molecule has 0 aliphatic rings. The van der Waals surface area contributed by atoms with Gasteiger partial charge in [0.1, 0.15) is 12.2 Å². The lowest BCUT2D eigenvalue weighted by Gasteiger charge is -2.30. The maximum atomic E-state index is 9.68. The zero-order valence-corrected chi connectivity index (χ0v) is 12.8. The van der Waals surface area contributed by atoms with E-state index in [0.29, 0.717) is 31.7 Å². The fraction of sp³-hybridized carbons (Fsp3) is 0.867. The van der Waals surface area contributed by atoms with Gasteiger partial charge in [0.15, 0.2) is 0 Å². The van der Waals surface area contributed by atoms with Crippen molar-refractivity contribution in [1.29, 1.82) is 0 Å². The molecule has 3 heteroatoms. The molecule has 0 fully saturated rings. The molecule has 0 radical (unpaired) electrons. The summed E-state index contributed by atoms with van der Waals surface area (Å²) < 4.78 is 5.48. The summed E-state index contributed by atoms with van der Waals surface area (Å²) in [6.07, 6.45) is 0.633. The molecule has 0 spiro atoms. The van der Waals surface area contributed by atoms with Crippen molar-refractivity contribution in [2.75, 3.05) is 19.8 Å². The van der Waals surface area contributed by atoms with Gasteiger partial charge in [0.05, 0.1) is 6.61 Å². The first-order valence-corrected chi connectivity index (χ1v) is 6.86. The first kappa shape index (κ1) is 17.4. The summed E-state index contributed by atoms with van der Waals surface area (Å²) in [5.41, 5.74) is -0.884. The quantitative estimate of drug-likeness (QED) is 0.559. The first-order valence-electron chi connectivity index (χ1n) is 6.86. The van der Waals surface area contributed by atoms with Crippen molar-refractivity contribution in [3.8, 4) is 11.8 Å². The number of nitrogens with zero attached hydrogens (tertiary/aromatic N) is 1. The average molecular weight is 255 g/mol. The van der Waals surface area contributed by atoms with Gasteiger partial charge < -0.3 is 9.84 Å². The van der Waals surface area contributed by atoms with Crippen LogP contribution in [0.3, 0.4) is 0 Å². The molecule has 3 nitrogen and oxygen atoms in total. The minimum atomic E-state index is -0.884. The fourth-order valence-corrected chi connectivity index (χ4v) is 1.72. The molecule has 1 N–H and O–H groups in total. The molecule has 1 atom stereocenters. The molecule has 0 aromatic heterocycles. The molecule has 0 bridgehead atoms. The summed E-state index contributed by atoms with van der Waals surface area (Å²) in [5, 5.41) is 9.68. The smallest absolute Gasteiger partial charge is 0.122 e. The summed E-state index contributed by atoms with van der Waals surface area (Å²) in [5.74, 6) is 5.68.